The predicted molar refractivity (Wildman–Crippen MR) is 114 cm³/mol. The minimum Gasteiger partial charge on any atom is -0.0696 e. The maximum atomic E-state index is 2.68. The van der Waals surface area contributed by atoms with Gasteiger partial charge in [0.15, 0.2) is 0 Å². The van der Waals surface area contributed by atoms with E-state index in [9.17, 15) is 0 Å². The Hall–Kier alpha value is 1.08. The first-order valence-electron chi connectivity index (χ1n) is 8.71. The lowest BCUT2D eigenvalue weighted by atomic mass is 10.4. The Labute approximate surface area is 141 Å². The predicted octanol–water partition coefficient (Wildman–Crippen LogP) is 6.31. The lowest BCUT2D eigenvalue weighted by Crippen LogP contribution is -2.62. The van der Waals surface area contributed by atoms with Gasteiger partial charge in [0, 0.05) is 41.8 Å². The van der Waals surface area contributed by atoms with Crippen molar-refractivity contribution in [2.45, 2.75) is 100.0 Å². The van der Waals surface area contributed by atoms with E-state index in [0.717, 1.165) is 8.57 Å². The van der Waals surface area contributed by atoms with Gasteiger partial charge < -0.3 is 0 Å². The molecule has 2 radical (unpaired) electrons. The fourth-order valence-electron chi connectivity index (χ4n) is 5.36. The van der Waals surface area contributed by atoms with E-state index in [1.54, 1.807) is 12.8 Å². The molecule has 124 valence electrons. The molecule has 1 saturated heterocycles. The quantitative estimate of drug-likeness (QED) is 0.507. The minimum atomic E-state index is -1.14. The van der Waals surface area contributed by atoms with Gasteiger partial charge in [0.05, 0.1) is 0 Å². The fraction of sp³-hybridized carbons (Fsp3) is 1.00. The lowest BCUT2D eigenvalue weighted by molar-refractivity contribution is 0.763. The highest BCUT2D eigenvalue weighted by Gasteiger charge is 2.66. The zero-order chi connectivity index (χ0) is 17.1. The molecule has 0 amide bonds. The molecule has 0 aromatic heterocycles. The Balaban J connectivity index is 3.49. The average Bonchev–Trinajstić information content (AvgIpc) is 2.54. The summed E-state index contributed by atoms with van der Waals surface area (Å²) in [5, 5.41) is 0. The summed E-state index contributed by atoms with van der Waals surface area (Å²) in [6.07, 6.45) is 3.15. The first-order chi connectivity index (χ1) is 8.91. The third-order valence-electron chi connectivity index (χ3n) is 6.42. The van der Waals surface area contributed by atoms with Crippen molar-refractivity contribution in [1.29, 1.82) is 0 Å². The van der Waals surface area contributed by atoms with E-state index in [0.29, 0.717) is 0 Å². The molecular weight excluding hydrogens is 333 g/mol. The highest BCUT2D eigenvalue weighted by Crippen LogP contribution is 2.66. The third kappa shape index (κ3) is 3.06. The molecule has 5 heteroatoms. The molecule has 0 nitrogen and oxygen atoms in total. The summed E-state index contributed by atoms with van der Waals surface area (Å²) in [6.45, 7) is 32.2. The van der Waals surface area contributed by atoms with E-state index >= 15 is 0 Å². The Morgan fingerprint density at radius 1 is 0.476 bits per heavy atom. The zero-order valence-electron chi connectivity index (χ0n) is 16.9. The monoisotopic (exact) mass is 372 g/mol. The van der Waals surface area contributed by atoms with E-state index in [-0.39, 0.29) is 0 Å². The molecule has 1 heterocycles. The third-order valence-corrected chi connectivity index (χ3v) is 38.5. The van der Waals surface area contributed by atoms with Crippen LogP contribution in [0, 0.1) is 0 Å². The molecule has 0 unspecified atom stereocenters. The van der Waals surface area contributed by atoms with Gasteiger partial charge in [-0.05, 0) is 8.57 Å². The second-order valence-corrected chi connectivity index (χ2v) is 37.8. The van der Waals surface area contributed by atoms with Crippen molar-refractivity contribution in [3.05, 3.63) is 0 Å². The van der Waals surface area contributed by atoms with Crippen molar-refractivity contribution in [2.75, 3.05) is 0 Å². The van der Waals surface area contributed by atoms with Crippen LogP contribution in [-0.2, 0) is 0 Å². The number of hydrogen-bond acceptors (Lipinski definition) is 0. The lowest BCUT2D eigenvalue weighted by Gasteiger charge is -2.55. The van der Waals surface area contributed by atoms with E-state index in [1.807, 2.05) is 0 Å². The Morgan fingerprint density at radius 2 is 0.667 bits per heavy atom. The highest BCUT2D eigenvalue weighted by atomic mass is 28.5. The van der Waals surface area contributed by atoms with Crippen LogP contribution in [0.15, 0.2) is 0 Å². The van der Waals surface area contributed by atoms with Crippen molar-refractivity contribution in [3.8, 4) is 0 Å². The Bertz CT molecular complexity index is 321. The molecule has 0 N–H and O–H groups in total. The molecular formula is C16H40Si5. The highest BCUT2D eigenvalue weighted by molar-refractivity contribution is 7.16. The molecule has 0 saturated carbocycles. The van der Waals surface area contributed by atoms with Crippen LogP contribution in [0.4, 0.5) is 0 Å². The minimum absolute atomic E-state index is 0.792. The molecule has 21 heavy (non-hydrogen) atoms. The van der Waals surface area contributed by atoms with Gasteiger partial charge in [-0.3, -0.25) is 0 Å². The van der Waals surface area contributed by atoms with Crippen LogP contribution < -0.4 is 0 Å². The standard InChI is InChI=1S/C16H40Si5/c1-18(2,3)15(19(4,5)6)13-14-16(17-15,20(7,8)9)21(10,11)12/h13-14H2,1-12H3. The van der Waals surface area contributed by atoms with Crippen molar-refractivity contribution >= 4 is 41.8 Å². The van der Waals surface area contributed by atoms with Crippen molar-refractivity contribution in [1.82, 2.24) is 0 Å². The van der Waals surface area contributed by atoms with Crippen LogP contribution >= 0.6 is 0 Å². The zero-order valence-corrected chi connectivity index (χ0v) is 21.9. The topological polar surface area (TPSA) is 0 Å². The van der Waals surface area contributed by atoms with Gasteiger partial charge in [-0.25, -0.2) is 0 Å². The van der Waals surface area contributed by atoms with E-state index in [4.69, 9.17) is 0 Å². The normalized spacial score (nSPS) is 23.4. The molecule has 1 aliphatic heterocycles. The number of hydrogen-bond donors (Lipinski definition) is 0. The van der Waals surface area contributed by atoms with Crippen molar-refractivity contribution < 1.29 is 0 Å². The molecule has 0 aliphatic carbocycles. The molecule has 1 fully saturated rings. The van der Waals surface area contributed by atoms with Gasteiger partial charge >= 0.3 is 0 Å². The molecule has 1 rings (SSSR count). The van der Waals surface area contributed by atoms with E-state index in [1.165, 1.54) is 9.52 Å². The van der Waals surface area contributed by atoms with Crippen LogP contribution in [0.3, 0.4) is 0 Å². The van der Waals surface area contributed by atoms with Crippen LogP contribution in [0.25, 0.3) is 0 Å². The maximum absolute atomic E-state index is 2.68. The maximum Gasteiger partial charge on any atom is 0.0448 e. The summed E-state index contributed by atoms with van der Waals surface area (Å²) in [5.74, 6) is 0. The van der Waals surface area contributed by atoms with E-state index < -0.39 is 32.3 Å². The molecule has 0 aromatic carbocycles. The second-order valence-electron chi connectivity index (χ2n) is 11.4. The van der Waals surface area contributed by atoms with Crippen LogP contribution in [0.5, 0.6) is 0 Å². The SMILES string of the molecule is C[Si](C)(C)C1([Si](C)(C)C)CCC([Si](C)(C)C)([Si](C)(C)C)[Si]1. The second kappa shape index (κ2) is 5.29. The molecule has 0 atom stereocenters. The van der Waals surface area contributed by atoms with Gasteiger partial charge in [0.1, 0.15) is 0 Å². The first-order valence-corrected chi connectivity index (χ1v) is 23.7. The molecule has 0 bridgehead atoms. The van der Waals surface area contributed by atoms with E-state index in [2.05, 4.69) is 78.6 Å². The Morgan fingerprint density at radius 3 is 0.762 bits per heavy atom. The molecule has 1 aliphatic rings. The van der Waals surface area contributed by atoms with Crippen LogP contribution in [0.1, 0.15) is 12.8 Å². The van der Waals surface area contributed by atoms with Gasteiger partial charge in [0.25, 0.3) is 0 Å². The summed E-state index contributed by atoms with van der Waals surface area (Å²) < 4.78 is 1.58. The van der Waals surface area contributed by atoms with Crippen LogP contribution in [-0.4, -0.2) is 41.8 Å². The fourth-order valence-corrected chi connectivity index (χ4v) is 38.2. The largest absolute Gasteiger partial charge is 0.0696 e. The number of rotatable bonds is 4. The van der Waals surface area contributed by atoms with Gasteiger partial charge in [0.2, 0.25) is 0 Å². The molecule has 0 aromatic rings. The summed E-state index contributed by atoms with van der Waals surface area (Å²) >= 11 is 0. The summed E-state index contributed by atoms with van der Waals surface area (Å²) in [7, 11) is -3.27. The van der Waals surface area contributed by atoms with Crippen LogP contribution in [0.2, 0.25) is 87.1 Å². The first kappa shape index (κ1) is 20.1. The van der Waals surface area contributed by atoms with Gasteiger partial charge in [-0.1, -0.05) is 91.4 Å². The summed E-state index contributed by atoms with van der Waals surface area (Å²) in [6, 6.07) is 0. The van der Waals surface area contributed by atoms with Crippen molar-refractivity contribution in [2.24, 2.45) is 0 Å². The van der Waals surface area contributed by atoms with Gasteiger partial charge in [-0.15, -0.1) is 0 Å². The van der Waals surface area contributed by atoms with Crippen molar-refractivity contribution in [3.63, 3.8) is 0 Å². The molecule has 0 spiro atoms. The summed E-state index contributed by atoms with van der Waals surface area (Å²) in [4.78, 5) is 0. The smallest absolute Gasteiger partial charge is 0.0448 e. The van der Waals surface area contributed by atoms with Gasteiger partial charge in [-0.2, -0.15) is 0 Å². The average molecular weight is 373 g/mol. The Kier molecular flexibility index (Phi) is 5.07. The summed E-state index contributed by atoms with van der Waals surface area (Å²) in [5.41, 5.74) is 0.